The van der Waals surface area contributed by atoms with Crippen LogP contribution in [0.25, 0.3) is 0 Å². The molecule has 2 rings (SSSR count). The molecule has 54 valence electrons. The molecule has 2 aliphatic heterocycles. The van der Waals surface area contributed by atoms with Gasteiger partial charge in [0.25, 0.3) is 0 Å². The van der Waals surface area contributed by atoms with E-state index >= 15 is 0 Å². The molecule has 0 radical (unpaired) electrons. The van der Waals surface area contributed by atoms with Gasteiger partial charge in [-0.2, -0.15) is 0 Å². The van der Waals surface area contributed by atoms with Crippen molar-refractivity contribution < 1.29 is 9.47 Å². The molecule has 1 saturated heterocycles. The third kappa shape index (κ3) is 1.04. The van der Waals surface area contributed by atoms with E-state index in [1.807, 2.05) is 6.08 Å². The van der Waals surface area contributed by atoms with Gasteiger partial charge in [-0.1, -0.05) is 0 Å². The predicted octanol–water partition coefficient (Wildman–Crippen LogP) is 0.370. The number of allylic oxidation sites excluding steroid dienone is 1. The smallest absolute Gasteiger partial charge is 0.145 e. The van der Waals surface area contributed by atoms with Gasteiger partial charge in [0, 0.05) is 0 Å². The van der Waals surface area contributed by atoms with Gasteiger partial charge in [0.2, 0.25) is 0 Å². The van der Waals surface area contributed by atoms with Crippen LogP contribution in [-0.4, -0.2) is 32.1 Å². The summed E-state index contributed by atoms with van der Waals surface area (Å²) in [4.78, 5) is 3.99. The summed E-state index contributed by atoms with van der Waals surface area (Å²) in [6.07, 6.45) is 4.01. The average molecular weight is 139 g/mol. The molecule has 0 unspecified atom stereocenters. The zero-order valence-corrected chi connectivity index (χ0v) is 5.62. The Hall–Kier alpha value is -0.830. The van der Waals surface area contributed by atoms with E-state index in [0.29, 0.717) is 0 Å². The van der Waals surface area contributed by atoms with Gasteiger partial charge in [0.15, 0.2) is 0 Å². The molecule has 0 saturated carbocycles. The fourth-order valence-corrected chi connectivity index (χ4v) is 0.891. The fraction of sp³-hybridized carbons (Fsp3) is 0.571. The summed E-state index contributed by atoms with van der Waals surface area (Å²) in [6.45, 7) is 2.22. The summed E-state index contributed by atoms with van der Waals surface area (Å²) < 4.78 is 10.4. The minimum atomic E-state index is 0.274. The molecule has 0 aliphatic carbocycles. The molecule has 2 heterocycles. The first-order valence-electron chi connectivity index (χ1n) is 3.39. The average Bonchev–Trinajstić information content (AvgIpc) is 2.29. The Balaban J connectivity index is 1.83. The highest BCUT2D eigenvalue weighted by Gasteiger charge is 2.20. The Kier molecular flexibility index (Phi) is 1.43. The minimum absolute atomic E-state index is 0.274. The van der Waals surface area contributed by atoms with Crippen molar-refractivity contribution in [1.82, 2.24) is 0 Å². The van der Waals surface area contributed by atoms with Crippen molar-refractivity contribution in [2.24, 2.45) is 4.99 Å². The van der Waals surface area contributed by atoms with Crippen LogP contribution < -0.4 is 0 Å². The largest absolute Gasteiger partial charge is 0.484 e. The van der Waals surface area contributed by atoms with E-state index in [0.717, 1.165) is 25.5 Å². The molecule has 3 nitrogen and oxygen atoms in total. The molecule has 0 bridgehead atoms. The second-order valence-electron chi connectivity index (χ2n) is 2.38. The number of hydrogen-bond acceptors (Lipinski definition) is 3. The summed E-state index contributed by atoms with van der Waals surface area (Å²) >= 11 is 0. The molecule has 0 spiro atoms. The zero-order valence-electron chi connectivity index (χ0n) is 5.62. The van der Waals surface area contributed by atoms with Gasteiger partial charge in [-0.3, -0.25) is 4.99 Å². The maximum absolute atomic E-state index is 5.43. The quantitative estimate of drug-likeness (QED) is 0.553. The van der Waals surface area contributed by atoms with E-state index in [4.69, 9.17) is 9.47 Å². The third-order valence-electron chi connectivity index (χ3n) is 1.53. The predicted molar refractivity (Wildman–Crippen MR) is 37.1 cm³/mol. The minimum Gasteiger partial charge on any atom is -0.484 e. The lowest BCUT2D eigenvalue weighted by Crippen LogP contribution is -2.35. The van der Waals surface area contributed by atoms with Gasteiger partial charge in [0.05, 0.1) is 26.0 Å². The van der Waals surface area contributed by atoms with Crippen LogP contribution in [0.4, 0.5) is 0 Å². The Morgan fingerprint density at radius 3 is 3.00 bits per heavy atom. The van der Waals surface area contributed by atoms with E-state index in [-0.39, 0.29) is 6.10 Å². The normalized spacial score (nSPS) is 24.2. The maximum Gasteiger partial charge on any atom is 0.145 e. The fourth-order valence-electron chi connectivity index (χ4n) is 0.891. The lowest BCUT2D eigenvalue weighted by atomic mass is 10.3. The third-order valence-corrected chi connectivity index (χ3v) is 1.53. The number of hydrogen-bond donors (Lipinski definition) is 0. The number of aliphatic imine (C=N–C) groups is 1. The molecule has 2 aliphatic rings. The monoisotopic (exact) mass is 139 g/mol. The highest BCUT2D eigenvalue weighted by atomic mass is 16.6. The number of rotatable bonds is 2. The molecule has 3 heteroatoms. The van der Waals surface area contributed by atoms with Crippen LogP contribution in [0.5, 0.6) is 0 Å². The van der Waals surface area contributed by atoms with E-state index in [9.17, 15) is 0 Å². The van der Waals surface area contributed by atoms with E-state index in [1.165, 1.54) is 0 Å². The van der Waals surface area contributed by atoms with Crippen molar-refractivity contribution in [3.05, 3.63) is 11.8 Å². The molecular formula is C7H9NO2. The van der Waals surface area contributed by atoms with Crippen molar-refractivity contribution in [2.45, 2.75) is 6.10 Å². The second-order valence-corrected chi connectivity index (χ2v) is 2.38. The first-order chi connectivity index (χ1) is 4.95. The van der Waals surface area contributed by atoms with Crippen LogP contribution in [-0.2, 0) is 9.47 Å². The SMILES string of the molecule is C1=NCC=C1OC1COC1. The van der Waals surface area contributed by atoms with Gasteiger partial charge in [-0.25, -0.2) is 0 Å². The van der Waals surface area contributed by atoms with E-state index in [1.54, 1.807) is 6.21 Å². The standard InChI is InChI=1S/C7H9NO2/c1-2-8-3-6(1)10-7-4-9-5-7/h1,3,7H,2,4-5H2. The molecular weight excluding hydrogens is 130 g/mol. The summed E-state index contributed by atoms with van der Waals surface area (Å²) in [5, 5.41) is 0. The summed E-state index contributed by atoms with van der Waals surface area (Å²) in [5.41, 5.74) is 0. The van der Waals surface area contributed by atoms with Gasteiger partial charge in [-0.05, 0) is 6.08 Å². The van der Waals surface area contributed by atoms with Gasteiger partial charge >= 0.3 is 0 Å². The zero-order chi connectivity index (χ0) is 6.81. The Bertz CT molecular complexity index is 182. The highest BCUT2D eigenvalue weighted by molar-refractivity contribution is 5.78. The number of ether oxygens (including phenoxy) is 2. The van der Waals surface area contributed by atoms with Crippen LogP contribution >= 0.6 is 0 Å². The lowest BCUT2D eigenvalue weighted by Gasteiger charge is -2.26. The summed E-state index contributed by atoms with van der Waals surface area (Å²) in [6, 6.07) is 0. The molecule has 1 fully saturated rings. The first-order valence-corrected chi connectivity index (χ1v) is 3.39. The Labute approximate surface area is 59.4 Å². The second kappa shape index (κ2) is 2.42. The molecule has 0 atom stereocenters. The molecule has 0 aromatic carbocycles. The summed E-state index contributed by atoms with van der Waals surface area (Å²) in [7, 11) is 0. The molecule has 10 heavy (non-hydrogen) atoms. The van der Waals surface area contributed by atoms with Crippen molar-refractivity contribution in [1.29, 1.82) is 0 Å². The van der Waals surface area contributed by atoms with E-state index in [2.05, 4.69) is 4.99 Å². The van der Waals surface area contributed by atoms with Gasteiger partial charge in [-0.15, -0.1) is 0 Å². The Morgan fingerprint density at radius 2 is 2.50 bits per heavy atom. The van der Waals surface area contributed by atoms with Crippen LogP contribution in [0.1, 0.15) is 0 Å². The lowest BCUT2D eigenvalue weighted by molar-refractivity contribution is -0.103. The Morgan fingerprint density at radius 1 is 1.60 bits per heavy atom. The van der Waals surface area contributed by atoms with Crippen molar-refractivity contribution in [3.63, 3.8) is 0 Å². The number of nitrogens with zero attached hydrogens (tertiary/aromatic N) is 1. The molecule has 0 aromatic heterocycles. The highest BCUT2D eigenvalue weighted by Crippen LogP contribution is 2.11. The molecule has 0 aromatic rings. The van der Waals surface area contributed by atoms with Crippen molar-refractivity contribution in [2.75, 3.05) is 19.8 Å². The van der Waals surface area contributed by atoms with Crippen molar-refractivity contribution >= 4 is 6.21 Å². The molecule has 0 amide bonds. The topological polar surface area (TPSA) is 30.8 Å². The van der Waals surface area contributed by atoms with Crippen LogP contribution in [0.15, 0.2) is 16.8 Å². The first kappa shape index (κ1) is 5.92. The van der Waals surface area contributed by atoms with Gasteiger partial charge in [0.1, 0.15) is 11.9 Å². The van der Waals surface area contributed by atoms with Crippen molar-refractivity contribution in [3.8, 4) is 0 Å². The maximum atomic E-state index is 5.43. The van der Waals surface area contributed by atoms with Crippen LogP contribution in [0, 0.1) is 0 Å². The van der Waals surface area contributed by atoms with Gasteiger partial charge < -0.3 is 9.47 Å². The van der Waals surface area contributed by atoms with Crippen LogP contribution in [0.3, 0.4) is 0 Å². The van der Waals surface area contributed by atoms with E-state index < -0.39 is 0 Å². The molecule has 0 N–H and O–H groups in total. The van der Waals surface area contributed by atoms with Crippen LogP contribution in [0.2, 0.25) is 0 Å². The summed E-state index contributed by atoms with van der Waals surface area (Å²) in [5.74, 6) is 0.897.